The summed E-state index contributed by atoms with van der Waals surface area (Å²) >= 11 is 0. The average Bonchev–Trinajstić information content (AvgIpc) is 3.01. The predicted molar refractivity (Wildman–Crippen MR) is 71.5 cm³/mol. The summed E-state index contributed by atoms with van der Waals surface area (Å²) < 4.78 is 40.4. The Kier molecular flexibility index (Phi) is 3.48. The zero-order valence-electron chi connectivity index (χ0n) is 11.4. The zero-order chi connectivity index (χ0) is 15.9. The number of nitrogens with zero attached hydrogens (tertiary/aromatic N) is 1. The van der Waals surface area contributed by atoms with E-state index >= 15 is 0 Å². The molecule has 8 heteroatoms. The molecule has 1 aliphatic rings. The Hall–Kier alpha value is -2.22. The number of β-amino-alcohol motifs (C(OH)–C–C–N with tert-alkyl or cyclic N) is 1. The highest BCUT2D eigenvalue weighted by atomic mass is 19.4. The third kappa shape index (κ3) is 3.01. The number of hydrogen-bond acceptors (Lipinski definition) is 3. The van der Waals surface area contributed by atoms with Gasteiger partial charge in [0.25, 0.3) is 5.91 Å². The van der Waals surface area contributed by atoms with Gasteiger partial charge in [-0.15, -0.1) is 13.2 Å². The van der Waals surface area contributed by atoms with Gasteiger partial charge < -0.3 is 19.7 Å². The number of ether oxygens (including phenoxy) is 1. The smallest absolute Gasteiger partial charge is 0.406 e. The molecule has 3 rings (SSSR count). The van der Waals surface area contributed by atoms with Crippen LogP contribution in [-0.4, -0.2) is 46.5 Å². The van der Waals surface area contributed by atoms with E-state index in [0.717, 1.165) is 0 Å². The van der Waals surface area contributed by atoms with Crippen LogP contribution in [0.15, 0.2) is 24.3 Å². The number of aliphatic hydroxyl groups is 1. The number of fused-ring (bicyclic) bond motifs is 1. The van der Waals surface area contributed by atoms with E-state index in [0.29, 0.717) is 23.9 Å². The quantitative estimate of drug-likeness (QED) is 0.894. The minimum Gasteiger partial charge on any atom is -0.406 e. The maximum atomic E-state index is 12.2. The molecule has 0 unspecified atom stereocenters. The van der Waals surface area contributed by atoms with Crippen molar-refractivity contribution >= 4 is 16.8 Å². The number of benzene rings is 1. The van der Waals surface area contributed by atoms with E-state index < -0.39 is 12.5 Å². The topological polar surface area (TPSA) is 65.6 Å². The highest BCUT2D eigenvalue weighted by molar-refractivity contribution is 5.98. The number of carbonyl (C=O) groups excluding carboxylic acids is 1. The van der Waals surface area contributed by atoms with Crippen LogP contribution in [0.25, 0.3) is 10.9 Å². The number of amides is 1. The fourth-order valence-electron chi connectivity index (χ4n) is 2.52. The molecule has 0 saturated carbocycles. The zero-order valence-corrected chi connectivity index (χ0v) is 11.4. The number of alkyl halides is 3. The maximum absolute atomic E-state index is 12.2. The first-order valence-electron chi connectivity index (χ1n) is 6.68. The van der Waals surface area contributed by atoms with E-state index in [-0.39, 0.29) is 23.9 Å². The number of likely N-dealkylation sites (tertiary alicyclic amines) is 1. The summed E-state index contributed by atoms with van der Waals surface area (Å²) in [5.74, 6) is -0.636. The fraction of sp³-hybridized carbons (Fsp3) is 0.357. The van der Waals surface area contributed by atoms with Crippen LogP contribution in [0.2, 0.25) is 0 Å². The third-order valence-electron chi connectivity index (χ3n) is 3.51. The lowest BCUT2D eigenvalue weighted by Gasteiger charge is -2.13. The van der Waals surface area contributed by atoms with Crippen LogP contribution in [0.3, 0.4) is 0 Å². The van der Waals surface area contributed by atoms with Gasteiger partial charge in [0.05, 0.1) is 6.10 Å². The van der Waals surface area contributed by atoms with E-state index in [4.69, 9.17) is 0 Å². The van der Waals surface area contributed by atoms with Crippen LogP contribution >= 0.6 is 0 Å². The highest BCUT2D eigenvalue weighted by Gasteiger charge is 2.31. The molecular weight excluding hydrogens is 301 g/mol. The first-order valence-corrected chi connectivity index (χ1v) is 6.68. The number of rotatable bonds is 2. The molecule has 1 saturated heterocycles. The highest BCUT2D eigenvalue weighted by Crippen LogP contribution is 2.27. The number of aromatic nitrogens is 1. The van der Waals surface area contributed by atoms with Gasteiger partial charge in [-0.1, -0.05) is 0 Å². The molecule has 1 aromatic heterocycles. The summed E-state index contributed by atoms with van der Waals surface area (Å²) in [6.45, 7) is 0.717. The largest absolute Gasteiger partial charge is 0.573 e. The summed E-state index contributed by atoms with van der Waals surface area (Å²) in [4.78, 5) is 16.5. The first kappa shape index (κ1) is 14.7. The van der Waals surface area contributed by atoms with Gasteiger partial charge in [0.1, 0.15) is 11.4 Å². The van der Waals surface area contributed by atoms with Crippen molar-refractivity contribution in [3.8, 4) is 5.75 Å². The number of halogens is 3. The van der Waals surface area contributed by atoms with Gasteiger partial charge in [0, 0.05) is 30.1 Å². The van der Waals surface area contributed by atoms with Crippen LogP contribution in [-0.2, 0) is 0 Å². The van der Waals surface area contributed by atoms with Crippen LogP contribution in [0.5, 0.6) is 5.75 Å². The van der Waals surface area contributed by atoms with Crippen molar-refractivity contribution in [2.75, 3.05) is 13.1 Å². The summed E-state index contributed by atoms with van der Waals surface area (Å²) in [5.41, 5.74) is 0.651. The van der Waals surface area contributed by atoms with Gasteiger partial charge in [0.15, 0.2) is 0 Å². The van der Waals surface area contributed by atoms with Crippen LogP contribution in [0.4, 0.5) is 13.2 Å². The Labute approximate surface area is 123 Å². The normalized spacial score (nSPS) is 18.9. The van der Waals surface area contributed by atoms with Crippen molar-refractivity contribution in [3.63, 3.8) is 0 Å². The number of aliphatic hydroxyl groups excluding tert-OH is 1. The average molecular weight is 314 g/mol. The number of carbonyl (C=O) groups is 1. The van der Waals surface area contributed by atoms with Crippen molar-refractivity contribution in [1.29, 1.82) is 0 Å². The molecular formula is C14H13F3N2O3. The molecule has 2 aromatic rings. The minimum absolute atomic E-state index is 0.261. The molecule has 1 fully saturated rings. The second kappa shape index (κ2) is 5.20. The van der Waals surface area contributed by atoms with E-state index in [9.17, 15) is 23.1 Å². The number of hydrogen-bond donors (Lipinski definition) is 2. The Morgan fingerprint density at radius 2 is 2.14 bits per heavy atom. The molecule has 0 spiro atoms. The fourth-order valence-corrected chi connectivity index (χ4v) is 2.52. The van der Waals surface area contributed by atoms with Gasteiger partial charge >= 0.3 is 6.36 Å². The Morgan fingerprint density at radius 1 is 1.36 bits per heavy atom. The number of aromatic amines is 1. The van der Waals surface area contributed by atoms with Crippen molar-refractivity contribution in [2.24, 2.45) is 0 Å². The predicted octanol–water partition coefficient (Wildman–Crippen LogP) is 2.27. The van der Waals surface area contributed by atoms with Crippen molar-refractivity contribution in [3.05, 3.63) is 30.0 Å². The molecule has 0 aliphatic carbocycles. The van der Waals surface area contributed by atoms with Gasteiger partial charge in [-0.05, 0) is 24.6 Å². The van der Waals surface area contributed by atoms with Crippen LogP contribution < -0.4 is 4.74 Å². The molecule has 0 bridgehead atoms. The van der Waals surface area contributed by atoms with Crippen LogP contribution in [0.1, 0.15) is 16.9 Å². The molecule has 5 nitrogen and oxygen atoms in total. The second-order valence-corrected chi connectivity index (χ2v) is 5.17. The lowest BCUT2D eigenvalue weighted by molar-refractivity contribution is -0.274. The first-order chi connectivity index (χ1) is 10.3. The molecule has 22 heavy (non-hydrogen) atoms. The van der Waals surface area contributed by atoms with Crippen molar-refractivity contribution in [2.45, 2.75) is 18.9 Å². The lowest BCUT2D eigenvalue weighted by Crippen LogP contribution is -2.29. The van der Waals surface area contributed by atoms with E-state index in [1.54, 1.807) is 6.07 Å². The molecule has 2 N–H and O–H groups in total. The minimum atomic E-state index is -4.76. The third-order valence-corrected chi connectivity index (χ3v) is 3.51. The van der Waals surface area contributed by atoms with Gasteiger partial charge in [-0.25, -0.2) is 0 Å². The molecule has 1 amide bonds. The lowest BCUT2D eigenvalue weighted by atomic mass is 10.2. The maximum Gasteiger partial charge on any atom is 0.573 e. The molecule has 2 heterocycles. The Bertz CT molecular complexity index is 711. The summed E-state index contributed by atoms with van der Waals surface area (Å²) in [5, 5.41) is 10.1. The molecule has 1 atom stereocenters. The van der Waals surface area contributed by atoms with E-state index in [2.05, 4.69) is 9.72 Å². The van der Waals surface area contributed by atoms with Gasteiger partial charge in [0.2, 0.25) is 0 Å². The van der Waals surface area contributed by atoms with E-state index in [1.165, 1.54) is 23.1 Å². The summed E-state index contributed by atoms with van der Waals surface area (Å²) in [7, 11) is 0. The molecule has 118 valence electrons. The molecule has 1 aromatic carbocycles. The number of nitrogens with one attached hydrogen (secondary N) is 1. The Balaban J connectivity index is 1.85. The van der Waals surface area contributed by atoms with Gasteiger partial charge in [-0.2, -0.15) is 0 Å². The number of H-pyrrole nitrogens is 1. The standard InChI is InChI=1S/C14H13F3N2O3/c15-14(16,17)22-10-2-1-8-5-12(18-11(8)6-10)13(21)19-4-3-9(20)7-19/h1-2,5-6,9,18,20H,3-4,7H2/t9-/m1/s1. The monoisotopic (exact) mass is 314 g/mol. The van der Waals surface area contributed by atoms with Crippen LogP contribution in [0, 0.1) is 0 Å². The van der Waals surface area contributed by atoms with E-state index in [1.807, 2.05) is 0 Å². The van der Waals surface area contributed by atoms with Crippen molar-refractivity contribution in [1.82, 2.24) is 9.88 Å². The van der Waals surface area contributed by atoms with Gasteiger partial charge in [-0.3, -0.25) is 4.79 Å². The molecule has 0 radical (unpaired) electrons. The summed E-state index contributed by atoms with van der Waals surface area (Å²) in [6.07, 6.45) is -4.76. The Morgan fingerprint density at radius 3 is 2.77 bits per heavy atom. The second-order valence-electron chi connectivity index (χ2n) is 5.17. The van der Waals surface area contributed by atoms with Crippen molar-refractivity contribution < 1.29 is 27.8 Å². The molecule has 1 aliphatic heterocycles. The summed E-state index contributed by atoms with van der Waals surface area (Å²) in [6, 6.07) is 5.40. The SMILES string of the molecule is O=C(c1cc2ccc(OC(F)(F)F)cc2[nH]1)N1CC[C@@H](O)C1.